The third kappa shape index (κ3) is 5.23. The average Bonchev–Trinajstić information content (AvgIpc) is 2.76. The molecule has 168 valence electrons. The fraction of sp³-hybridized carbons (Fsp3) is 0.480. The smallest absolute Gasteiger partial charge is 0.429 e. The standard InChI is InChI=1S/C25H29F3O3/c1-3-5-16-6-8-17(9-7-16)18-10-12-19(13-11-18)31-25(27,28)21-15-14-20(22(29)4-2)24(30)23(21)26/h10-17,30H,3-9H2,1-2H3. The van der Waals surface area contributed by atoms with E-state index in [1.54, 1.807) is 12.1 Å². The number of benzene rings is 2. The molecule has 1 aliphatic rings. The van der Waals surface area contributed by atoms with Crippen molar-refractivity contribution in [3.05, 3.63) is 58.9 Å². The summed E-state index contributed by atoms with van der Waals surface area (Å²) >= 11 is 0. The molecule has 0 aromatic heterocycles. The van der Waals surface area contributed by atoms with Gasteiger partial charge in [0.25, 0.3) is 0 Å². The van der Waals surface area contributed by atoms with Gasteiger partial charge in [0.05, 0.1) is 5.56 Å². The molecule has 3 rings (SSSR count). The lowest BCUT2D eigenvalue weighted by Crippen LogP contribution is -2.24. The van der Waals surface area contributed by atoms with Crippen molar-refractivity contribution in [3.63, 3.8) is 0 Å². The number of rotatable bonds is 8. The van der Waals surface area contributed by atoms with Crippen LogP contribution >= 0.6 is 0 Å². The zero-order valence-corrected chi connectivity index (χ0v) is 18.0. The van der Waals surface area contributed by atoms with Gasteiger partial charge in [0, 0.05) is 6.42 Å². The molecule has 0 heterocycles. The third-order valence-corrected chi connectivity index (χ3v) is 6.19. The Morgan fingerprint density at radius 3 is 2.29 bits per heavy atom. The normalized spacial score (nSPS) is 19.3. The van der Waals surface area contributed by atoms with Crippen LogP contribution in [0.3, 0.4) is 0 Å². The highest BCUT2D eigenvalue weighted by Crippen LogP contribution is 2.40. The van der Waals surface area contributed by atoms with Crippen LogP contribution in [-0.2, 0) is 6.11 Å². The van der Waals surface area contributed by atoms with Crippen LogP contribution in [0.4, 0.5) is 13.2 Å². The molecule has 0 amide bonds. The van der Waals surface area contributed by atoms with Gasteiger partial charge in [-0.25, -0.2) is 4.39 Å². The molecule has 6 heteroatoms. The highest BCUT2D eigenvalue weighted by molar-refractivity contribution is 5.98. The van der Waals surface area contributed by atoms with Gasteiger partial charge in [0.2, 0.25) is 0 Å². The van der Waals surface area contributed by atoms with Gasteiger partial charge < -0.3 is 9.84 Å². The minimum absolute atomic E-state index is 0.0197. The Kier molecular flexibility index (Phi) is 7.29. The quantitative estimate of drug-likeness (QED) is 0.443. The van der Waals surface area contributed by atoms with Gasteiger partial charge in [-0.3, -0.25) is 4.79 Å². The van der Waals surface area contributed by atoms with E-state index < -0.39 is 29.0 Å². The third-order valence-electron chi connectivity index (χ3n) is 6.19. The van der Waals surface area contributed by atoms with Gasteiger partial charge in [-0.15, -0.1) is 0 Å². The van der Waals surface area contributed by atoms with E-state index in [-0.39, 0.29) is 17.7 Å². The number of aromatic hydroxyl groups is 1. The van der Waals surface area contributed by atoms with E-state index in [0.717, 1.165) is 36.5 Å². The molecule has 0 unspecified atom stereocenters. The van der Waals surface area contributed by atoms with Crippen LogP contribution in [0, 0.1) is 11.7 Å². The van der Waals surface area contributed by atoms with Crippen molar-refractivity contribution in [3.8, 4) is 11.5 Å². The van der Waals surface area contributed by atoms with Crippen LogP contribution in [0.25, 0.3) is 0 Å². The van der Waals surface area contributed by atoms with Gasteiger partial charge in [0.1, 0.15) is 11.3 Å². The fourth-order valence-corrected chi connectivity index (χ4v) is 4.41. The summed E-state index contributed by atoms with van der Waals surface area (Å²) in [4.78, 5) is 11.7. The molecular weight excluding hydrogens is 405 g/mol. The molecule has 1 aliphatic carbocycles. The van der Waals surface area contributed by atoms with Crippen LogP contribution in [-0.4, -0.2) is 10.9 Å². The zero-order chi connectivity index (χ0) is 22.6. The fourth-order valence-electron chi connectivity index (χ4n) is 4.41. The summed E-state index contributed by atoms with van der Waals surface area (Å²) < 4.78 is 48.4. The lowest BCUT2D eigenvalue weighted by molar-refractivity contribution is -0.187. The van der Waals surface area contributed by atoms with E-state index in [1.165, 1.54) is 44.7 Å². The lowest BCUT2D eigenvalue weighted by Gasteiger charge is -2.28. The summed E-state index contributed by atoms with van der Waals surface area (Å²) in [5.41, 5.74) is -0.342. The Balaban J connectivity index is 1.71. The number of carbonyl (C=O) groups is 1. The van der Waals surface area contributed by atoms with Crippen LogP contribution in [0.1, 0.15) is 86.2 Å². The highest BCUT2D eigenvalue weighted by Gasteiger charge is 2.39. The van der Waals surface area contributed by atoms with E-state index >= 15 is 0 Å². The molecule has 31 heavy (non-hydrogen) atoms. The number of ketones is 1. The van der Waals surface area contributed by atoms with Crippen LogP contribution in [0.15, 0.2) is 36.4 Å². The summed E-state index contributed by atoms with van der Waals surface area (Å²) in [6.45, 7) is 3.73. The van der Waals surface area contributed by atoms with Crippen molar-refractivity contribution >= 4 is 5.78 Å². The van der Waals surface area contributed by atoms with Crippen molar-refractivity contribution in [1.82, 2.24) is 0 Å². The molecule has 0 atom stereocenters. The molecule has 0 saturated heterocycles. The SMILES string of the molecule is CCCC1CCC(c2ccc(OC(F)(F)c3ccc(C(=O)CC)c(O)c3F)cc2)CC1. The molecule has 2 aromatic carbocycles. The Labute approximate surface area is 181 Å². The minimum atomic E-state index is -4.00. The number of ether oxygens (including phenoxy) is 1. The average molecular weight is 434 g/mol. The van der Waals surface area contributed by atoms with Gasteiger partial charge in [-0.05, 0) is 67.3 Å². The Morgan fingerprint density at radius 1 is 1.06 bits per heavy atom. The van der Waals surface area contributed by atoms with Crippen LogP contribution < -0.4 is 4.74 Å². The maximum atomic E-state index is 14.6. The van der Waals surface area contributed by atoms with E-state index in [0.29, 0.717) is 5.92 Å². The molecule has 0 aliphatic heterocycles. The largest absolute Gasteiger partial charge is 0.504 e. The number of alkyl halides is 2. The monoisotopic (exact) mass is 434 g/mol. The first-order valence-corrected chi connectivity index (χ1v) is 11.0. The predicted molar refractivity (Wildman–Crippen MR) is 113 cm³/mol. The number of Topliss-reactive ketones (excluding diaryl/α,β-unsaturated/α-hetero) is 1. The molecule has 2 aromatic rings. The first kappa shape index (κ1) is 23.2. The second-order valence-electron chi connectivity index (χ2n) is 8.29. The first-order valence-electron chi connectivity index (χ1n) is 11.0. The van der Waals surface area contributed by atoms with Crippen molar-refractivity contribution in [2.24, 2.45) is 5.92 Å². The van der Waals surface area contributed by atoms with Crippen molar-refractivity contribution < 1.29 is 27.8 Å². The number of phenols is 1. The van der Waals surface area contributed by atoms with Crippen molar-refractivity contribution in [1.29, 1.82) is 0 Å². The predicted octanol–water partition coefficient (Wildman–Crippen LogP) is 7.33. The number of phenolic OH excluding ortho intramolecular Hbond substituents is 1. The molecule has 1 N–H and O–H groups in total. The number of hydrogen-bond acceptors (Lipinski definition) is 3. The number of halogens is 3. The van der Waals surface area contributed by atoms with Gasteiger partial charge in [-0.1, -0.05) is 38.8 Å². The molecule has 1 fully saturated rings. The molecular formula is C25H29F3O3. The lowest BCUT2D eigenvalue weighted by atomic mass is 9.77. The van der Waals surface area contributed by atoms with Gasteiger partial charge in [-0.2, -0.15) is 8.78 Å². The summed E-state index contributed by atoms with van der Waals surface area (Å²) in [5, 5.41) is 9.86. The Hall–Kier alpha value is -2.50. The van der Waals surface area contributed by atoms with E-state index in [9.17, 15) is 23.1 Å². The number of hydrogen-bond donors (Lipinski definition) is 1. The summed E-state index contributed by atoms with van der Waals surface area (Å²) in [6, 6.07) is 8.28. The summed E-state index contributed by atoms with van der Waals surface area (Å²) in [7, 11) is 0. The topological polar surface area (TPSA) is 46.5 Å². The molecule has 0 spiro atoms. The maximum absolute atomic E-state index is 14.6. The maximum Gasteiger partial charge on any atom is 0.429 e. The molecule has 3 nitrogen and oxygen atoms in total. The van der Waals surface area contributed by atoms with E-state index in [2.05, 4.69) is 6.92 Å². The van der Waals surface area contributed by atoms with Crippen LogP contribution in [0.2, 0.25) is 0 Å². The van der Waals surface area contributed by atoms with E-state index in [4.69, 9.17) is 4.74 Å². The highest BCUT2D eigenvalue weighted by atomic mass is 19.3. The molecule has 1 saturated carbocycles. The number of carbonyl (C=O) groups excluding carboxylic acids is 1. The first-order chi connectivity index (χ1) is 14.8. The Bertz CT molecular complexity index is 901. The van der Waals surface area contributed by atoms with Gasteiger partial charge in [0.15, 0.2) is 17.3 Å². The summed E-state index contributed by atoms with van der Waals surface area (Å²) in [6.07, 6.45) is 3.03. The second-order valence-corrected chi connectivity index (χ2v) is 8.29. The van der Waals surface area contributed by atoms with Crippen LogP contribution in [0.5, 0.6) is 11.5 Å². The molecule has 0 radical (unpaired) electrons. The Morgan fingerprint density at radius 2 is 1.71 bits per heavy atom. The zero-order valence-electron chi connectivity index (χ0n) is 18.0. The van der Waals surface area contributed by atoms with Crippen molar-refractivity contribution in [2.75, 3.05) is 0 Å². The van der Waals surface area contributed by atoms with Crippen molar-refractivity contribution in [2.45, 2.75) is 70.8 Å². The second kappa shape index (κ2) is 9.75. The van der Waals surface area contributed by atoms with E-state index in [1.807, 2.05) is 0 Å². The van der Waals surface area contributed by atoms with Gasteiger partial charge >= 0.3 is 6.11 Å². The minimum Gasteiger partial charge on any atom is -0.504 e. The summed E-state index contributed by atoms with van der Waals surface area (Å²) in [5.74, 6) is -2.06. The molecule has 0 bridgehead atoms.